The van der Waals surface area contributed by atoms with Crippen molar-refractivity contribution in [3.63, 3.8) is 0 Å². The summed E-state index contributed by atoms with van der Waals surface area (Å²) in [5, 5.41) is 0. The Morgan fingerprint density at radius 1 is 0.742 bits per heavy atom. The Labute approximate surface area is 366 Å². The molecule has 0 spiro atoms. The number of rotatable bonds is 17. The molecule has 0 radical (unpaired) electrons. The first-order valence-corrected chi connectivity index (χ1v) is 23.8. The fraction of sp³-hybridized carbons (Fsp3) is 0.386. The number of carbonyl (C=O) groups is 1. The zero-order valence-corrected chi connectivity index (χ0v) is 37.9. The van der Waals surface area contributed by atoms with Crippen LogP contribution in [0.3, 0.4) is 0 Å². The summed E-state index contributed by atoms with van der Waals surface area (Å²) >= 11 is 3.03. The number of carbonyl (C=O) groups excluding carboxylic acids is 1. The standard InChI is InChI=1S/C44H49N4O12PSe/c1-28-22-47(26-45-42(28)50)40-20-36(57-30(3)49)39(59-40)25-56-61(62,54-6)60-37-21-41(48-23-29(2)43(51)46-27-48)58-38(37)24-55-44(31-10-8-7-9-11-31,32-12-16-34(52-4)17-13-32)33-14-18-35(53-5)19-15-33/h7-19,22-23,26-27,36-41H,20-21,24-25H2,1-6H3/p+2. The molecule has 0 saturated carbocycles. The van der Waals surface area contributed by atoms with Gasteiger partial charge in [0.05, 0.1) is 14.2 Å². The first-order valence-electron chi connectivity index (χ1n) is 20.0. The Kier molecular flexibility index (Phi) is 14.4. The number of methoxy groups -OCH3 is 2. The van der Waals surface area contributed by atoms with E-state index in [0.29, 0.717) is 35.5 Å². The van der Waals surface area contributed by atoms with E-state index >= 15 is 0 Å². The number of nitrogens with one attached hydrogen (secondary N) is 2. The predicted molar refractivity (Wildman–Crippen MR) is 225 cm³/mol. The molecule has 0 amide bonds. The topological polar surface area (TPSA) is 174 Å². The van der Waals surface area contributed by atoms with Gasteiger partial charge in [0.15, 0.2) is 0 Å². The third-order valence-electron chi connectivity index (χ3n) is 11.0. The molecule has 7 unspecified atom stereocenters. The number of ether oxygens (including phenoxy) is 6. The normalized spacial score (nSPS) is 22.2. The minimum atomic E-state index is -3.28. The van der Waals surface area contributed by atoms with E-state index in [0.717, 1.165) is 16.7 Å². The van der Waals surface area contributed by atoms with Gasteiger partial charge in [-0.05, 0) is 0 Å². The number of H-pyrrole nitrogens is 2. The molecule has 62 heavy (non-hydrogen) atoms. The Hall–Kier alpha value is -4.80. The first kappa shape index (κ1) is 45.2. The summed E-state index contributed by atoms with van der Waals surface area (Å²) < 4.78 is 59.9. The second-order valence-corrected chi connectivity index (χ2v) is 19.5. The maximum atomic E-state index is 12.4. The van der Waals surface area contributed by atoms with Crippen molar-refractivity contribution >= 4 is 27.3 Å². The second-order valence-electron chi connectivity index (χ2n) is 15.0. The summed E-state index contributed by atoms with van der Waals surface area (Å²) in [5.41, 5.74) is 1.97. The quantitative estimate of drug-likeness (QED) is 0.0444. The number of esters is 1. The molecular weight excluding hydrogens is 886 g/mol. The SMILES string of the molecule is COc1ccc(C(OCC2OC([n+]3c[nH]c(=O)c(C)c3)CC2OP(=[Se])(OC)OCC2OC([n+]3c[nH]c(=O)c(C)c3)CC2OC(C)=O)(c2ccccc2)c2ccc(OC)cc2)cc1. The molecule has 2 fully saturated rings. The van der Waals surface area contributed by atoms with Crippen LogP contribution in [0.5, 0.6) is 11.5 Å². The molecule has 3 aromatic carbocycles. The number of nitrogens with zero attached hydrogens (tertiary/aromatic N) is 2. The van der Waals surface area contributed by atoms with Crippen LogP contribution in [-0.2, 0) is 42.9 Å². The number of hydrogen-bond donors (Lipinski definition) is 2. The van der Waals surface area contributed by atoms with Crippen LogP contribution in [0.1, 0.15) is 60.0 Å². The Bertz CT molecular complexity index is 2440. The van der Waals surface area contributed by atoms with Crippen molar-refractivity contribution in [2.24, 2.45) is 0 Å². The number of aromatic amines is 2. The number of aryl methyl sites for hydroxylation is 2. The maximum absolute atomic E-state index is 12.4. The van der Waals surface area contributed by atoms with Crippen LogP contribution >= 0.6 is 6.19 Å². The third-order valence-corrected chi connectivity index (χ3v) is 14.5. The number of hydrogen-bond acceptors (Lipinski definition) is 12. The van der Waals surface area contributed by atoms with Gasteiger partial charge in [0, 0.05) is 0 Å². The second kappa shape index (κ2) is 19.7. The van der Waals surface area contributed by atoms with Crippen LogP contribution in [0.15, 0.2) is 114 Å². The summed E-state index contributed by atoms with van der Waals surface area (Å²) in [4.78, 5) is 42.1. The van der Waals surface area contributed by atoms with Gasteiger partial charge in [-0.2, -0.15) is 0 Å². The molecule has 16 nitrogen and oxygen atoms in total. The van der Waals surface area contributed by atoms with Gasteiger partial charge in [-0.15, -0.1) is 0 Å². The van der Waals surface area contributed by atoms with E-state index in [2.05, 4.69) is 25.1 Å². The van der Waals surface area contributed by atoms with Crippen molar-refractivity contribution in [1.82, 2.24) is 9.97 Å². The van der Waals surface area contributed by atoms with Gasteiger partial charge in [-0.1, -0.05) is 0 Å². The molecule has 7 atom stereocenters. The van der Waals surface area contributed by atoms with Gasteiger partial charge < -0.3 is 0 Å². The minimum absolute atomic E-state index is 0.0263. The average molecular weight is 938 g/mol. The number of benzene rings is 3. The van der Waals surface area contributed by atoms with Crippen LogP contribution in [0, 0.1) is 13.8 Å². The van der Waals surface area contributed by atoms with E-state index in [4.69, 9.17) is 42.0 Å². The van der Waals surface area contributed by atoms with Gasteiger partial charge in [0.2, 0.25) is 0 Å². The Morgan fingerprint density at radius 2 is 1.23 bits per heavy atom. The summed E-state index contributed by atoms with van der Waals surface area (Å²) in [7, 11) is 4.73. The molecule has 2 N–H and O–H groups in total. The van der Waals surface area contributed by atoms with E-state index < -0.39 is 54.6 Å². The van der Waals surface area contributed by atoms with E-state index in [1.807, 2.05) is 78.9 Å². The molecular formula is C44H51N4O12PSe+2. The third kappa shape index (κ3) is 10.0. The van der Waals surface area contributed by atoms with Crippen molar-refractivity contribution < 1.29 is 55.9 Å². The summed E-state index contributed by atoms with van der Waals surface area (Å²) in [6.07, 6.45) is -0.0118. The van der Waals surface area contributed by atoms with E-state index in [1.54, 1.807) is 55.9 Å². The monoisotopic (exact) mass is 938 g/mol. The van der Waals surface area contributed by atoms with Gasteiger partial charge in [0.25, 0.3) is 0 Å². The summed E-state index contributed by atoms with van der Waals surface area (Å²) in [5.74, 6) is 0.911. The van der Waals surface area contributed by atoms with Crippen molar-refractivity contribution in [2.75, 3.05) is 34.5 Å². The van der Waals surface area contributed by atoms with E-state index in [-0.39, 0.29) is 24.3 Å². The van der Waals surface area contributed by atoms with Crippen molar-refractivity contribution in [3.8, 4) is 11.5 Å². The van der Waals surface area contributed by atoms with Crippen molar-refractivity contribution in [3.05, 3.63) is 152 Å². The van der Waals surface area contributed by atoms with E-state index in [1.165, 1.54) is 20.4 Å². The Morgan fingerprint density at radius 3 is 1.69 bits per heavy atom. The molecule has 2 aliphatic heterocycles. The molecule has 18 heteroatoms. The molecule has 4 heterocycles. The van der Waals surface area contributed by atoms with Crippen LogP contribution in [0.25, 0.3) is 0 Å². The predicted octanol–water partition coefficient (Wildman–Crippen LogP) is 4.38. The fourth-order valence-electron chi connectivity index (χ4n) is 7.72. The molecule has 7 rings (SSSR count). The molecule has 2 saturated heterocycles. The molecule has 2 aromatic heterocycles. The zero-order chi connectivity index (χ0) is 44.0. The van der Waals surface area contributed by atoms with Crippen LogP contribution in [-0.4, -0.2) is 90.0 Å². The van der Waals surface area contributed by atoms with Gasteiger partial charge >= 0.3 is 353 Å². The molecule has 0 aliphatic carbocycles. The zero-order valence-electron chi connectivity index (χ0n) is 35.3. The van der Waals surface area contributed by atoms with Crippen molar-refractivity contribution in [2.45, 2.75) is 76.1 Å². The Balaban J connectivity index is 1.20. The van der Waals surface area contributed by atoms with Gasteiger partial charge in [-0.3, -0.25) is 0 Å². The first-order chi connectivity index (χ1) is 29.8. The van der Waals surface area contributed by atoms with Crippen LogP contribution in [0.4, 0.5) is 0 Å². The molecule has 328 valence electrons. The molecule has 5 aromatic rings. The summed E-state index contributed by atoms with van der Waals surface area (Å²) in [6.45, 7) is 4.72. The van der Waals surface area contributed by atoms with E-state index in [9.17, 15) is 14.4 Å². The average Bonchev–Trinajstić information content (AvgIpc) is 3.88. The fourth-order valence-corrected chi connectivity index (χ4v) is 9.93. The van der Waals surface area contributed by atoms with Crippen molar-refractivity contribution in [1.29, 1.82) is 0 Å². The molecule has 0 bridgehead atoms. The van der Waals surface area contributed by atoms with Crippen LogP contribution < -0.4 is 29.7 Å². The number of aromatic nitrogens is 4. The van der Waals surface area contributed by atoms with Gasteiger partial charge in [-0.25, -0.2) is 0 Å². The molecule has 2 aliphatic rings. The summed E-state index contributed by atoms with van der Waals surface area (Å²) in [6, 6.07) is 25.4. The van der Waals surface area contributed by atoms with Gasteiger partial charge in [0.1, 0.15) is 0 Å². The van der Waals surface area contributed by atoms with Crippen LogP contribution in [0.2, 0.25) is 0 Å².